The maximum Gasteiger partial charge on any atom is 0.160 e. The van der Waals surface area contributed by atoms with Crippen molar-refractivity contribution < 1.29 is 0 Å². The molecule has 3 atom stereocenters. The predicted octanol–water partition coefficient (Wildman–Crippen LogP) is 5.14. The molecule has 0 bridgehead atoms. The minimum atomic E-state index is 0.0290. The van der Waals surface area contributed by atoms with Crippen molar-refractivity contribution in [1.29, 1.82) is 0 Å². The van der Waals surface area contributed by atoms with Crippen LogP contribution in [0, 0.1) is 13.8 Å². The summed E-state index contributed by atoms with van der Waals surface area (Å²) in [6, 6.07) is 17.5. The Kier molecular flexibility index (Phi) is 5.05. The Bertz CT molecular complexity index is 1120. The molecule has 31 heavy (non-hydrogen) atoms. The number of amidine groups is 1. The number of aromatic nitrogens is 2. The van der Waals surface area contributed by atoms with Crippen molar-refractivity contribution in [3.8, 4) is 5.69 Å². The Morgan fingerprint density at radius 3 is 2.52 bits per heavy atom. The van der Waals surface area contributed by atoms with E-state index in [1.54, 1.807) is 0 Å². The van der Waals surface area contributed by atoms with E-state index in [0.717, 1.165) is 17.4 Å². The summed E-state index contributed by atoms with van der Waals surface area (Å²) in [7, 11) is 4.15. The lowest BCUT2D eigenvalue weighted by Crippen LogP contribution is -2.28. The van der Waals surface area contributed by atoms with Gasteiger partial charge in [0, 0.05) is 54.8 Å². The monoisotopic (exact) mass is 431 g/mol. The number of benzene rings is 1. The summed E-state index contributed by atoms with van der Waals surface area (Å²) >= 11 is 1.89. The van der Waals surface area contributed by atoms with Gasteiger partial charge in [-0.05, 0) is 61.9 Å². The summed E-state index contributed by atoms with van der Waals surface area (Å²) in [6.45, 7) is 7.75. The van der Waals surface area contributed by atoms with E-state index in [9.17, 15) is 0 Å². The number of thioether (sulfide) groups is 1. The van der Waals surface area contributed by atoms with Crippen LogP contribution in [0.15, 0.2) is 59.7 Å². The van der Waals surface area contributed by atoms with Crippen molar-refractivity contribution >= 4 is 22.6 Å². The van der Waals surface area contributed by atoms with Crippen LogP contribution in [0.3, 0.4) is 0 Å². The van der Waals surface area contributed by atoms with E-state index in [1.165, 1.54) is 28.3 Å². The van der Waals surface area contributed by atoms with Gasteiger partial charge in [0.2, 0.25) is 0 Å². The van der Waals surface area contributed by atoms with E-state index >= 15 is 0 Å². The second-order valence-electron chi connectivity index (χ2n) is 8.71. The summed E-state index contributed by atoms with van der Waals surface area (Å²) < 4.78 is 2.37. The van der Waals surface area contributed by atoms with Gasteiger partial charge in [0.1, 0.15) is 6.04 Å². The highest BCUT2D eigenvalue weighted by Gasteiger charge is 2.44. The first-order chi connectivity index (χ1) is 14.9. The highest BCUT2D eigenvalue weighted by molar-refractivity contribution is 8.14. The molecule has 1 saturated heterocycles. The molecule has 5 rings (SSSR count). The molecule has 2 aliphatic rings. The van der Waals surface area contributed by atoms with Gasteiger partial charge < -0.3 is 14.4 Å². The number of nitrogens with zero attached hydrogens (tertiary/aromatic N) is 5. The average Bonchev–Trinajstić information content (AvgIpc) is 3.38. The van der Waals surface area contributed by atoms with E-state index in [2.05, 4.69) is 96.7 Å². The second kappa shape index (κ2) is 7.75. The van der Waals surface area contributed by atoms with Crippen molar-refractivity contribution in [3.05, 3.63) is 77.4 Å². The third-order valence-corrected chi connectivity index (χ3v) is 7.40. The normalized spacial score (nSPS) is 22.5. The maximum absolute atomic E-state index is 5.14. The first-order valence-electron chi connectivity index (χ1n) is 10.8. The van der Waals surface area contributed by atoms with Crippen LogP contribution in [0.4, 0.5) is 5.69 Å². The summed E-state index contributed by atoms with van der Waals surface area (Å²) in [4.78, 5) is 14.4. The van der Waals surface area contributed by atoms with Gasteiger partial charge in [-0.1, -0.05) is 24.8 Å². The lowest BCUT2D eigenvalue weighted by atomic mass is 9.96. The van der Waals surface area contributed by atoms with Crippen LogP contribution in [-0.2, 0) is 0 Å². The number of aryl methyl sites for hydroxylation is 1. The zero-order chi connectivity index (χ0) is 21.7. The summed E-state index contributed by atoms with van der Waals surface area (Å²) in [5.41, 5.74) is 7.32. The number of fused-ring (bicyclic) bond motifs is 1. The molecule has 6 heteroatoms. The lowest BCUT2D eigenvalue weighted by molar-refractivity contribution is 0.320. The molecule has 5 nitrogen and oxygen atoms in total. The summed E-state index contributed by atoms with van der Waals surface area (Å²) in [5, 5.41) is 1.72. The molecule has 0 amide bonds. The number of anilines is 1. The molecule has 4 heterocycles. The molecule has 160 valence electrons. The molecule has 1 aromatic carbocycles. The predicted molar refractivity (Wildman–Crippen MR) is 130 cm³/mol. The van der Waals surface area contributed by atoms with Gasteiger partial charge in [0.25, 0.3) is 0 Å². The van der Waals surface area contributed by atoms with Gasteiger partial charge in [0.15, 0.2) is 5.17 Å². The molecule has 0 unspecified atom stereocenters. The number of hydrogen-bond acceptors (Lipinski definition) is 5. The molecular formula is C25H29N5S. The van der Waals surface area contributed by atoms with Crippen LogP contribution in [-0.4, -0.2) is 45.5 Å². The molecule has 1 fully saturated rings. The maximum atomic E-state index is 5.14. The Morgan fingerprint density at radius 1 is 1.06 bits per heavy atom. The molecule has 0 radical (unpaired) electrons. The van der Waals surface area contributed by atoms with Crippen LogP contribution < -0.4 is 4.90 Å². The van der Waals surface area contributed by atoms with Crippen molar-refractivity contribution in [2.75, 3.05) is 25.5 Å². The van der Waals surface area contributed by atoms with Gasteiger partial charge >= 0.3 is 0 Å². The smallest absolute Gasteiger partial charge is 0.160 e. The average molecular weight is 432 g/mol. The highest BCUT2D eigenvalue weighted by Crippen LogP contribution is 2.48. The van der Waals surface area contributed by atoms with E-state index in [1.807, 2.05) is 24.0 Å². The highest BCUT2D eigenvalue weighted by atomic mass is 32.2. The van der Waals surface area contributed by atoms with Crippen molar-refractivity contribution in [3.63, 3.8) is 0 Å². The van der Waals surface area contributed by atoms with Gasteiger partial charge in [-0.25, -0.2) is 0 Å². The van der Waals surface area contributed by atoms with E-state index in [-0.39, 0.29) is 12.1 Å². The zero-order valence-corrected chi connectivity index (χ0v) is 19.6. The third kappa shape index (κ3) is 3.43. The third-order valence-electron chi connectivity index (χ3n) is 6.29. The van der Waals surface area contributed by atoms with Crippen LogP contribution in [0.2, 0.25) is 0 Å². The number of rotatable bonds is 4. The van der Waals surface area contributed by atoms with Crippen LogP contribution >= 0.6 is 11.8 Å². The van der Waals surface area contributed by atoms with Gasteiger partial charge in [-0.2, -0.15) is 0 Å². The van der Waals surface area contributed by atoms with Gasteiger partial charge in [-0.15, -0.1) is 0 Å². The molecule has 2 aliphatic heterocycles. The first-order valence-corrected chi connectivity index (χ1v) is 11.7. The fourth-order valence-corrected chi connectivity index (χ4v) is 5.93. The number of hydrogen-bond donors (Lipinski definition) is 0. The molecule has 0 spiro atoms. The number of aliphatic imine (C=N–C) groups is 1. The molecule has 3 aromatic rings. The Labute approximate surface area is 188 Å². The minimum Gasteiger partial charge on any atom is -0.378 e. The number of pyridine rings is 1. The fourth-order valence-electron chi connectivity index (χ4n) is 4.84. The Balaban J connectivity index is 1.58. The summed E-state index contributed by atoms with van der Waals surface area (Å²) in [5.74, 6) is 0. The molecule has 0 aliphatic carbocycles. The van der Waals surface area contributed by atoms with Crippen LogP contribution in [0.25, 0.3) is 5.69 Å². The standard InChI is InChI=1S/C25H29N5S/c1-16-14-21(18(3)30(16)20-11-9-19(10-12-20)28(4)5)24-23(22-8-6-7-13-26-22)27-25-29(24)15-17(2)31-25/h6-14,17,23-24H,15H2,1-5H3/t17-,23-,24+/m0/s1. The molecule has 0 saturated carbocycles. The largest absolute Gasteiger partial charge is 0.378 e. The van der Waals surface area contributed by atoms with E-state index < -0.39 is 0 Å². The van der Waals surface area contributed by atoms with Crippen molar-refractivity contribution in [2.45, 2.75) is 38.1 Å². The minimum absolute atomic E-state index is 0.0290. The van der Waals surface area contributed by atoms with E-state index in [4.69, 9.17) is 4.99 Å². The van der Waals surface area contributed by atoms with E-state index in [0.29, 0.717) is 5.25 Å². The fraction of sp³-hybridized carbons (Fsp3) is 0.360. The molecule has 2 aromatic heterocycles. The molecule has 0 N–H and O–H groups in total. The SMILES string of the molecule is Cc1cc([C@@H]2[C@H](c3ccccn3)N=C3S[C@@H](C)CN32)c(C)n1-c1ccc(N(C)C)cc1. The zero-order valence-electron chi connectivity index (χ0n) is 18.8. The van der Waals surface area contributed by atoms with Gasteiger partial charge in [0.05, 0.1) is 11.7 Å². The van der Waals surface area contributed by atoms with Crippen LogP contribution in [0.5, 0.6) is 0 Å². The Morgan fingerprint density at radius 2 is 1.84 bits per heavy atom. The molecular weight excluding hydrogens is 402 g/mol. The quantitative estimate of drug-likeness (QED) is 0.573. The second-order valence-corrected chi connectivity index (χ2v) is 10.1. The van der Waals surface area contributed by atoms with Gasteiger partial charge in [-0.3, -0.25) is 9.98 Å². The topological polar surface area (TPSA) is 36.7 Å². The summed E-state index contributed by atoms with van der Waals surface area (Å²) in [6.07, 6.45) is 1.88. The van der Waals surface area contributed by atoms with Crippen molar-refractivity contribution in [1.82, 2.24) is 14.5 Å². The lowest BCUT2D eigenvalue weighted by Gasteiger charge is -2.27. The Hall–Kier alpha value is -2.73. The van der Waals surface area contributed by atoms with Crippen molar-refractivity contribution in [2.24, 2.45) is 4.99 Å². The first kappa shape index (κ1) is 20.2. The van der Waals surface area contributed by atoms with Crippen LogP contribution in [0.1, 0.15) is 41.7 Å².